The molecule has 1 saturated carbocycles. The molecule has 1 aliphatic rings. The molecule has 6 heteroatoms. The molecule has 142 valence electrons. The summed E-state index contributed by atoms with van der Waals surface area (Å²) < 4.78 is 19.7. The second kappa shape index (κ2) is 8.66. The van der Waals surface area contributed by atoms with E-state index >= 15 is 0 Å². The zero-order valence-corrected chi connectivity index (χ0v) is 14.9. The summed E-state index contributed by atoms with van der Waals surface area (Å²) >= 11 is 0. The number of halogens is 1. The van der Waals surface area contributed by atoms with Crippen molar-refractivity contribution in [3.8, 4) is 5.75 Å². The molecule has 0 spiro atoms. The second-order valence-corrected chi connectivity index (χ2v) is 6.70. The minimum absolute atomic E-state index is 0.117. The van der Waals surface area contributed by atoms with E-state index in [4.69, 9.17) is 4.74 Å². The standard InChI is InChI=1S/C21H22FNO4/c22-18-8-4-3-7-17(18)21(26)23-19(13-20(24)25)14-9-11-16(12-10-14)27-15-5-1-2-6-15/h3-4,7-12,15,19H,1-2,5-6,13H2,(H,23,26)(H,24,25)/t19-/m0/s1. The number of hydrogen-bond acceptors (Lipinski definition) is 3. The lowest BCUT2D eigenvalue weighted by molar-refractivity contribution is -0.137. The maximum atomic E-state index is 13.8. The van der Waals surface area contributed by atoms with Crippen molar-refractivity contribution < 1.29 is 23.8 Å². The number of nitrogens with one attached hydrogen (secondary N) is 1. The Morgan fingerprint density at radius 3 is 2.41 bits per heavy atom. The van der Waals surface area contributed by atoms with Crippen LogP contribution in [-0.2, 0) is 4.79 Å². The highest BCUT2D eigenvalue weighted by Crippen LogP contribution is 2.26. The highest BCUT2D eigenvalue weighted by Gasteiger charge is 2.21. The van der Waals surface area contributed by atoms with E-state index in [1.54, 1.807) is 30.3 Å². The van der Waals surface area contributed by atoms with Gasteiger partial charge in [-0.2, -0.15) is 0 Å². The van der Waals surface area contributed by atoms with Crippen molar-refractivity contribution in [3.63, 3.8) is 0 Å². The molecule has 2 N–H and O–H groups in total. The average molecular weight is 371 g/mol. The fourth-order valence-electron chi connectivity index (χ4n) is 3.29. The van der Waals surface area contributed by atoms with E-state index < -0.39 is 23.7 Å². The van der Waals surface area contributed by atoms with Crippen LogP contribution in [0.15, 0.2) is 48.5 Å². The van der Waals surface area contributed by atoms with E-state index in [-0.39, 0.29) is 18.1 Å². The summed E-state index contributed by atoms with van der Waals surface area (Å²) in [6, 6.07) is 11.9. The first-order chi connectivity index (χ1) is 13.0. The van der Waals surface area contributed by atoms with Crippen LogP contribution in [-0.4, -0.2) is 23.1 Å². The molecule has 3 rings (SSSR count). The normalized spacial score (nSPS) is 15.3. The van der Waals surface area contributed by atoms with Crippen LogP contribution in [0.3, 0.4) is 0 Å². The molecule has 0 radical (unpaired) electrons. The van der Waals surface area contributed by atoms with Gasteiger partial charge in [0.05, 0.1) is 24.1 Å². The maximum absolute atomic E-state index is 13.8. The van der Waals surface area contributed by atoms with Crippen molar-refractivity contribution in [2.45, 2.75) is 44.2 Å². The van der Waals surface area contributed by atoms with Crippen LogP contribution in [0, 0.1) is 5.82 Å². The number of amides is 1. The van der Waals surface area contributed by atoms with Gasteiger partial charge in [0, 0.05) is 0 Å². The molecule has 1 atom stereocenters. The quantitative estimate of drug-likeness (QED) is 0.769. The Labute approximate surface area is 157 Å². The van der Waals surface area contributed by atoms with Gasteiger partial charge in [0.25, 0.3) is 5.91 Å². The van der Waals surface area contributed by atoms with Gasteiger partial charge in [-0.15, -0.1) is 0 Å². The number of ether oxygens (including phenoxy) is 1. The largest absolute Gasteiger partial charge is 0.490 e. The van der Waals surface area contributed by atoms with Gasteiger partial charge in [-0.3, -0.25) is 9.59 Å². The van der Waals surface area contributed by atoms with Crippen LogP contribution in [0.2, 0.25) is 0 Å². The van der Waals surface area contributed by atoms with Crippen LogP contribution in [0.25, 0.3) is 0 Å². The first-order valence-electron chi connectivity index (χ1n) is 9.07. The molecule has 0 heterocycles. The third-order valence-corrected chi connectivity index (χ3v) is 4.69. The fraction of sp³-hybridized carbons (Fsp3) is 0.333. The average Bonchev–Trinajstić information content (AvgIpc) is 3.15. The van der Waals surface area contributed by atoms with E-state index in [1.807, 2.05) is 0 Å². The molecule has 0 bridgehead atoms. The number of rotatable bonds is 7. The van der Waals surface area contributed by atoms with Gasteiger partial charge in [-0.05, 0) is 55.5 Å². The van der Waals surface area contributed by atoms with E-state index in [2.05, 4.69) is 5.32 Å². The second-order valence-electron chi connectivity index (χ2n) is 6.70. The van der Waals surface area contributed by atoms with Crippen LogP contribution in [0.4, 0.5) is 4.39 Å². The van der Waals surface area contributed by atoms with E-state index in [1.165, 1.54) is 31.0 Å². The lowest BCUT2D eigenvalue weighted by atomic mass is 10.0. The van der Waals surface area contributed by atoms with Gasteiger partial charge in [-0.25, -0.2) is 4.39 Å². The zero-order valence-electron chi connectivity index (χ0n) is 14.9. The molecule has 0 saturated heterocycles. The zero-order chi connectivity index (χ0) is 19.2. The van der Waals surface area contributed by atoms with Gasteiger partial charge < -0.3 is 15.2 Å². The summed E-state index contributed by atoms with van der Waals surface area (Å²) in [6.45, 7) is 0. The highest BCUT2D eigenvalue weighted by molar-refractivity contribution is 5.94. The number of benzene rings is 2. The number of hydrogen-bond donors (Lipinski definition) is 2. The molecular formula is C21H22FNO4. The summed E-state index contributed by atoms with van der Waals surface area (Å²) in [6.07, 6.45) is 4.36. The molecule has 2 aromatic carbocycles. The lowest BCUT2D eigenvalue weighted by Crippen LogP contribution is -2.30. The van der Waals surface area contributed by atoms with Crippen molar-refractivity contribution in [3.05, 3.63) is 65.5 Å². The number of carbonyl (C=O) groups excluding carboxylic acids is 1. The van der Waals surface area contributed by atoms with Gasteiger partial charge >= 0.3 is 5.97 Å². The topological polar surface area (TPSA) is 75.6 Å². The summed E-state index contributed by atoms with van der Waals surface area (Å²) in [5.41, 5.74) is 0.509. The Kier molecular flexibility index (Phi) is 6.06. The Bertz CT molecular complexity index is 800. The number of carboxylic acid groups (broad SMARTS) is 1. The van der Waals surface area contributed by atoms with E-state index in [0.29, 0.717) is 5.56 Å². The first kappa shape index (κ1) is 18.9. The Morgan fingerprint density at radius 2 is 1.78 bits per heavy atom. The summed E-state index contributed by atoms with van der Waals surface area (Å²) in [5.74, 6) is -1.63. The summed E-state index contributed by atoms with van der Waals surface area (Å²) in [5, 5.41) is 11.8. The predicted molar refractivity (Wildman–Crippen MR) is 98.2 cm³/mol. The van der Waals surface area contributed by atoms with Crippen LogP contribution < -0.4 is 10.1 Å². The molecule has 1 amide bonds. The van der Waals surface area contributed by atoms with Gasteiger partial charge in [0.1, 0.15) is 11.6 Å². The molecule has 1 fully saturated rings. The monoisotopic (exact) mass is 371 g/mol. The van der Waals surface area contributed by atoms with Crippen LogP contribution >= 0.6 is 0 Å². The molecule has 27 heavy (non-hydrogen) atoms. The Balaban J connectivity index is 1.72. The Morgan fingerprint density at radius 1 is 1.11 bits per heavy atom. The van der Waals surface area contributed by atoms with Crippen LogP contribution in [0.5, 0.6) is 5.75 Å². The third-order valence-electron chi connectivity index (χ3n) is 4.69. The third kappa shape index (κ3) is 5.06. The maximum Gasteiger partial charge on any atom is 0.305 e. The van der Waals surface area contributed by atoms with Crippen molar-refractivity contribution in [1.29, 1.82) is 0 Å². The summed E-state index contributed by atoms with van der Waals surface area (Å²) in [7, 11) is 0. The van der Waals surface area contributed by atoms with E-state index in [0.717, 1.165) is 18.6 Å². The SMILES string of the molecule is O=C(O)C[C@H](NC(=O)c1ccccc1F)c1ccc(OC2CCCC2)cc1. The molecule has 5 nitrogen and oxygen atoms in total. The summed E-state index contributed by atoms with van der Waals surface area (Å²) in [4.78, 5) is 23.6. The first-order valence-corrected chi connectivity index (χ1v) is 9.07. The molecule has 2 aromatic rings. The number of carbonyl (C=O) groups is 2. The van der Waals surface area contributed by atoms with Gasteiger partial charge in [0.2, 0.25) is 0 Å². The Hall–Kier alpha value is -2.89. The molecule has 1 aliphatic carbocycles. The van der Waals surface area contributed by atoms with E-state index in [9.17, 15) is 19.1 Å². The van der Waals surface area contributed by atoms with Crippen molar-refractivity contribution >= 4 is 11.9 Å². The lowest BCUT2D eigenvalue weighted by Gasteiger charge is -2.19. The molecule has 0 aliphatic heterocycles. The smallest absolute Gasteiger partial charge is 0.305 e. The number of aliphatic carboxylic acids is 1. The highest BCUT2D eigenvalue weighted by atomic mass is 19.1. The van der Waals surface area contributed by atoms with Crippen molar-refractivity contribution in [1.82, 2.24) is 5.32 Å². The van der Waals surface area contributed by atoms with Crippen molar-refractivity contribution in [2.75, 3.05) is 0 Å². The predicted octanol–water partition coefficient (Wildman–Crippen LogP) is 4.09. The van der Waals surface area contributed by atoms with Gasteiger partial charge in [0.15, 0.2) is 0 Å². The molecule has 0 unspecified atom stereocenters. The molecular weight excluding hydrogens is 349 g/mol. The van der Waals surface area contributed by atoms with Crippen molar-refractivity contribution in [2.24, 2.45) is 0 Å². The minimum atomic E-state index is -1.06. The number of carboxylic acids is 1. The van der Waals surface area contributed by atoms with Gasteiger partial charge in [-0.1, -0.05) is 24.3 Å². The molecule has 0 aromatic heterocycles. The fourth-order valence-corrected chi connectivity index (χ4v) is 3.29. The van der Waals surface area contributed by atoms with Crippen LogP contribution in [0.1, 0.15) is 54.1 Å². The minimum Gasteiger partial charge on any atom is -0.490 e.